The highest BCUT2D eigenvalue weighted by Crippen LogP contribution is 2.45. The van der Waals surface area contributed by atoms with Crippen LogP contribution in [0.25, 0.3) is 0 Å². The van der Waals surface area contributed by atoms with E-state index in [-0.39, 0.29) is 12.0 Å². The summed E-state index contributed by atoms with van der Waals surface area (Å²) in [4.78, 5) is 29.5. The van der Waals surface area contributed by atoms with Crippen molar-refractivity contribution in [2.45, 2.75) is 63.8 Å². The molecule has 0 bridgehead atoms. The quantitative estimate of drug-likeness (QED) is 0.665. The Balaban J connectivity index is 1.46. The molecule has 1 unspecified atom stereocenters. The van der Waals surface area contributed by atoms with Gasteiger partial charge in [0.2, 0.25) is 5.91 Å². The third-order valence-electron chi connectivity index (χ3n) is 6.69. The van der Waals surface area contributed by atoms with Crippen molar-refractivity contribution in [3.63, 3.8) is 0 Å². The predicted octanol–water partition coefficient (Wildman–Crippen LogP) is 4.34. The molecule has 1 heterocycles. The second-order valence-electron chi connectivity index (χ2n) is 10.5. The van der Waals surface area contributed by atoms with Crippen molar-refractivity contribution in [1.82, 2.24) is 9.80 Å². The van der Waals surface area contributed by atoms with Crippen LogP contribution >= 0.6 is 0 Å². The topological polar surface area (TPSA) is 79.3 Å². The number of amides is 2. The molecule has 2 aromatic carbocycles. The van der Waals surface area contributed by atoms with E-state index in [1.54, 1.807) is 9.80 Å². The molecular formula is C28H36N2O5. The van der Waals surface area contributed by atoms with Crippen LogP contribution in [0.1, 0.15) is 57.1 Å². The molecule has 4 rings (SSSR count). The number of hydrogen-bond acceptors (Lipinski definition) is 5. The molecule has 2 amide bonds. The molecule has 2 aromatic rings. The van der Waals surface area contributed by atoms with Crippen LogP contribution in [0, 0.1) is 0 Å². The SMILES string of the molecule is CC(C)(C)OC(=O)N1CCN(C(=O)C(c2cccc(OCc3ccccc3)c2)C2(O)CCC2)CC1. The zero-order valence-electron chi connectivity index (χ0n) is 20.9. The second kappa shape index (κ2) is 10.3. The molecule has 1 atom stereocenters. The number of nitrogens with zero attached hydrogens (tertiary/aromatic N) is 2. The van der Waals surface area contributed by atoms with Crippen molar-refractivity contribution in [3.8, 4) is 5.75 Å². The lowest BCUT2D eigenvalue weighted by Gasteiger charge is -2.45. The molecule has 0 spiro atoms. The number of hydrogen-bond donors (Lipinski definition) is 1. The molecule has 2 aliphatic rings. The second-order valence-corrected chi connectivity index (χ2v) is 10.5. The Hall–Kier alpha value is -3.06. The Kier molecular flexibility index (Phi) is 7.36. The summed E-state index contributed by atoms with van der Waals surface area (Å²) in [6, 6.07) is 17.4. The van der Waals surface area contributed by atoms with E-state index in [1.165, 1.54) is 0 Å². The highest BCUT2D eigenvalue weighted by atomic mass is 16.6. The van der Waals surface area contributed by atoms with Gasteiger partial charge < -0.3 is 24.4 Å². The van der Waals surface area contributed by atoms with Crippen LogP contribution in [-0.4, -0.2) is 64.3 Å². The summed E-state index contributed by atoms with van der Waals surface area (Å²) >= 11 is 0. The summed E-state index contributed by atoms with van der Waals surface area (Å²) < 4.78 is 11.5. The minimum Gasteiger partial charge on any atom is -0.489 e. The van der Waals surface area contributed by atoms with E-state index in [1.807, 2.05) is 75.4 Å². The molecule has 35 heavy (non-hydrogen) atoms. The first-order chi connectivity index (χ1) is 16.6. The zero-order chi connectivity index (χ0) is 25.1. The van der Waals surface area contributed by atoms with Gasteiger partial charge in [0.15, 0.2) is 0 Å². The van der Waals surface area contributed by atoms with Gasteiger partial charge >= 0.3 is 6.09 Å². The fourth-order valence-corrected chi connectivity index (χ4v) is 4.65. The molecule has 1 N–H and O–H groups in total. The van der Waals surface area contributed by atoms with Gasteiger partial charge in [-0.2, -0.15) is 0 Å². The average molecular weight is 481 g/mol. The highest BCUT2D eigenvalue weighted by molar-refractivity contribution is 5.86. The minimum absolute atomic E-state index is 0.101. The van der Waals surface area contributed by atoms with Crippen molar-refractivity contribution >= 4 is 12.0 Å². The van der Waals surface area contributed by atoms with Gasteiger partial charge in [0.05, 0.1) is 11.5 Å². The summed E-state index contributed by atoms with van der Waals surface area (Å²) in [6.45, 7) is 7.59. The summed E-state index contributed by atoms with van der Waals surface area (Å²) in [6.07, 6.45) is 1.73. The molecule has 188 valence electrons. The van der Waals surface area contributed by atoms with Crippen LogP contribution in [0.5, 0.6) is 5.75 Å². The standard InChI is InChI=1S/C28H36N2O5/c1-27(2,3)35-26(32)30-17-15-29(16-18-30)25(31)24(28(33)13-8-14-28)22-11-7-12-23(19-22)34-20-21-9-5-4-6-10-21/h4-7,9-12,19,24,33H,8,13-18,20H2,1-3H3. The van der Waals surface area contributed by atoms with Gasteiger partial charge in [-0.05, 0) is 63.3 Å². The Labute approximate surface area is 207 Å². The van der Waals surface area contributed by atoms with Gasteiger partial charge in [-0.3, -0.25) is 4.79 Å². The Morgan fingerprint density at radius 2 is 1.63 bits per heavy atom. The Bertz CT molecular complexity index is 1020. The molecule has 7 nitrogen and oxygen atoms in total. The molecule has 0 aromatic heterocycles. The number of ether oxygens (including phenoxy) is 2. The van der Waals surface area contributed by atoms with Gasteiger partial charge in [0.25, 0.3) is 0 Å². The first-order valence-corrected chi connectivity index (χ1v) is 12.4. The van der Waals surface area contributed by atoms with E-state index < -0.39 is 17.1 Å². The summed E-state index contributed by atoms with van der Waals surface area (Å²) in [7, 11) is 0. The van der Waals surface area contributed by atoms with E-state index in [4.69, 9.17) is 9.47 Å². The Morgan fingerprint density at radius 3 is 2.23 bits per heavy atom. The number of benzene rings is 2. The number of carbonyl (C=O) groups is 2. The maximum atomic E-state index is 13.7. The van der Waals surface area contributed by atoms with Crippen molar-refractivity contribution in [1.29, 1.82) is 0 Å². The number of carbonyl (C=O) groups excluding carboxylic acids is 2. The lowest BCUT2D eigenvalue weighted by molar-refractivity contribution is -0.146. The summed E-state index contributed by atoms with van der Waals surface area (Å²) in [5.41, 5.74) is 0.205. The monoisotopic (exact) mass is 480 g/mol. The van der Waals surface area contributed by atoms with Crippen molar-refractivity contribution in [2.24, 2.45) is 0 Å². The average Bonchev–Trinajstić information content (AvgIpc) is 2.82. The van der Waals surface area contributed by atoms with Crippen molar-refractivity contribution in [3.05, 3.63) is 65.7 Å². The van der Waals surface area contributed by atoms with Crippen LogP contribution < -0.4 is 4.74 Å². The first-order valence-electron chi connectivity index (χ1n) is 12.4. The molecular weight excluding hydrogens is 444 g/mol. The largest absolute Gasteiger partial charge is 0.489 e. The smallest absolute Gasteiger partial charge is 0.410 e. The maximum Gasteiger partial charge on any atom is 0.410 e. The first kappa shape index (κ1) is 25.0. The predicted molar refractivity (Wildman–Crippen MR) is 133 cm³/mol. The van der Waals surface area contributed by atoms with Crippen molar-refractivity contribution in [2.75, 3.05) is 26.2 Å². The van der Waals surface area contributed by atoms with Crippen LogP contribution in [0.3, 0.4) is 0 Å². The van der Waals surface area contributed by atoms with Crippen LogP contribution in [-0.2, 0) is 16.1 Å². The number of rotatable bonds is 6. The van der Waals surface area contributed by atoms with E-state index in [0.717, 1.165) is 17.5 Å². The van der Waals surface area contributed by atoms with Crippen LogP contribution in [0.15, 0.2) is 54.6 Å². The molecule has 1 saturated carbocycles. The van der Waals surface area contributed by atoms with E-state index in [0.29, 0.717) is 51.4 Å². The molecule has 1 aliphatic carbocycles. The fraction of sp³-hybridized carbons (Fsp3) is 0.500. The molecule has 0 radical (unpaired) electrons. The third-order valence-corrected chi connectivity index (χ3v) is 6.69. The molecule has 1 saturated heterocycles. The van der Waals surface area contributed by atoms with Gasteiger partial charge in [0, 0.05) is 26.2 Å². The summed E-state index contributed by atoms with van der Waals surface area (Å²) in [5, 5.41) is 11.3. The Morgan fingerprint density at radius 1 is 0.971 bits per heavy atom. The van der Waals surface area contributed by atoms with Gasteiger partial charge in [-0.1, -0.05) is 42.5 Å². The summed E-state index contributed by atoms with van der Waals surface area (Å²) in [5.74, 6) is -0.0947. The number of aliphatic hydroxyl groups is 1. The van der Waals surface area contributed by atoms with Gasteiger partial charge in [0.1, 0.15) is 18.0 Å². The van der Waals surface area contributed by atoms with Crippen molar-refractivity contribution < 1.29 is 24.2 Å². The molecule has 7 heteroatoms. The minimum atomic E-state index is -1.06. The lowest BCUT2D eigenvalue weighted by Crippen LogP contribution is -2.56. The molecule has 1 aliphatic heterocycles. The highest BCUT2D eigenvalue weighted by Gasteiger charge is 2.48. The van der Waals surface area contributed by atoms with Gasteiger partial charge in [-0.15, -0.1) is 0 Å². The maximum absolute atomic E-state index is 13.7. The molecule has 2 fully saturated rings. The van der Waals surface area contributed by atoms with E-state index in [9.17, 15) is 14.7 Å². The van der Waals surface area contributed by atoms with E-state index in [2.05, 4.69) is 0 Å². The third kappa shape index (κ3) is 6.14. The number of piperazine rings is 1. The zero-order valence-corrected chi connectivity index (χ0v) is 20.9. The fourth-order valence-electron chi connectivity index (χ4n) is 4.65. The lowest BCUT2D eigenvalue weighted by atomic mass is 9.68. The van der Waals surface area contributed by atoms with E-state index >= 15 is 0 Å². The van der Waals surface area contributed by atoms with Crippen LogP contribution in [0.4, 0.5) is 4.79 Å². The van der Waals surface area contributed by atoms with Gasteiger partial charge in [-0.25, -0.2) is 4.79 Å². The van der Waals surface area contributed by atoms with Crippen LogP contribution in [0.2, 0.25) is 0 Å². The normalized spacial score (nSPS) is 18.4.